The first kappa shape index (κ1) is 11.8. The van der Waals surface area contributed by atoms with Crippen molar-refractivity contribution in [2.75, 3.05) is 56.7 Å². The highest BCUT2D eigenvalue weighted by molar-refractivity contribution is 5.55. The van der Waals surface area contributed by atoms with Crippen molar-refractivity contribution < 1.29 is 4.74 Å². The number of hydrogen-bond acceptors (Lipinski definition) is 4. The summed E-state index contributed by atoms with van der Waals surface area (Å²) in [5.41, 5.74) is 2.50. The van der Waals surface area contributed by atoms with Gasteiger partial charge in [-0.2, -0.15) is 0 Å². The molecule has 2 aliphatic rings. The van der Waals surface area contributed by atoms with Gasteiger partial charge >= 0.3 is 0 Å². The largest absolute Gasteiger partial charge is 0.388 e. The molecule has 0 aliphatic carbocycles. The van der Waals surface area contributed by atoms with Crippen molar-refractivity contribution in [1.82, 2.24) is 4.90 Å². The summed E-state index contributed by atoms with van der Waals surface area (Å²) in [6.07, 6.45) is 0. The maximum atomic E-state index is 5.26. The summed E-state index contributed by atoms with van der Waals surface area (Å²) in [4.78, 5) is 5.03. The molecule has 2 fully saturated rings. The third-order valence-electron chi connectivity index (χ3n) is 3.97. The molecule has 0 aromatic heterocycles. The number of benzene rings is 1. The van der Waals surface area contributed by atoms with Crippen molar-refractivity contribution >= 4 is 11.4 Å². The molecule has 2 heterocycles. The number of piperazine rings is 1. The van der Waals surface area contributed by atoms with E-state index in [-0.39, 0.29) is 0 Å². The monoisotopic (exact) mass is 247 g/mol. The smallest absolute Gasteiger partial charge is 0.0645 e. The van der Waals surface area contributed by atoms with Gasteiger partial charge in [0, 0.05) is 44.6 Å². The lowest BCUT2D eigenvalue weighted by atomic mass is 10.1. The Morgan fingerprint density at radius 3 is 2.22 bits per heavy atom. The SMILES string of the molecule is CNc1ccc(N2CCN(C3COC3)CC2)cc1. The van der Waals surface area contributed by atoms with Gasteiger partial charge < -0.3 is 15.0 Å². The molecule has 0 unspecified atom stereocenters. The van der Waals surface area contributed by atoms with Crippen molar-refractivity contribution in [1.29, 1.82) is 0 Å². The van der Waals surface area contributed by atoms with Gasteiger partial charge in [0.15, 0.2) is 0 Å². The normalized spacial score (nSPS) is 21.7. The van der Waals surface area contributed by atoms with E-state index >= 15 is 0 Å². The Labute approximate surface area is 109 Å². The molecular weight excluding hydrogens is 226 g/mol. The molecule has 3 rings (SSSR count). The first-order valence-corrected chi connectivity index (χ1v) is 6.71. The average Bonchev–Trinajstić information content (AvgIpc) is 2.38. The first-order valence-electron chi connectivity index (χ1n) is 6.71. The minimum absolute atomic E-state index is 0.679. The minimum atomic E-state index is 0.679. The Balaban J connectivity index is 1.57. The van der Waals surface area contributed by atoms with E-state index in [1.54, 1.807) is 0 Å². The summed E-state index contributed by atoms with van der Waals surface area (Å²) < 4.78 is 5.26. The molecule has 4 heteroatoms. The third-order valence-corrected chi connectivity index (χ3v) is 3.97. The van der Waals surface area contributed by atoms with E-state index in [1.165, 1.54) is 11.4 Å². The van der Waals surface area contributed by atoms with Gasteiger partial charge in [-0.25, -0.2) is 0 Å². The van der Waals surface area contributed by atoms with E-state index in [0.29, 0.717) is 6.04 Å². The molecule has 2 saturated heterocycles. The van der Waals surface area contributed by atoms with Gasteiger partial charge in [-0.15, -0.1) is 0 Å². The Bertz CT molecular complexity index is 381. The number of anilines is 2. The fraction of sp³-hybridized carbons (Fsp3) is 0.571. The molecular formula is C14H21N3O. The Kier molecular flexibility index (Phi) is 3.39. The van der Waals surface area contributed by atoms with Gasteiger partial charge in [-0.3, -0.25) is 4.90 Å². The molecule has 0 amide bonds. The Hall–Kier alpha value is -1.26. The van der Waals surface area contributed by atoms with Crippen LogP contribution in [0.15, 0.2) is 24.3 Å². The van der Waals surface area contributed by atoms with Crippen LogP contribution in [0.25, 0.3) is 0 Å². The second kappa shape index (κ2) is 5.16. The summed E-state index contributed by atoms with van der Waals surface area (Å²) in [5, 5.41) is 3.15. The number of ether oxygens (including phenoxy) is 1. The van der Waals surface area contributed by atoms with E-state index in [1.807, 2.05) is 7.05 Å². The van der Waals surface area contributed by atoms with Crippen molar-refractivity contribution in [3.63, 3.8) is 0 Å². The number of rotatable bonds is 3. The number of nitrogens with one attached hydrogen (secondary N) is 1. The lowest BCUT2D eigenvalue weighted by molar-refractivity contribution is -0.0660. The van der Waals surface area contributed by atoms with Gasteiger partial charge in [0.2, 0.25) is 0 Å². The molecule has 0 saturated carbocycles. The number of hydrogen-bond donors (Lipinski definition) is 1. The fourth-order valence-corrected chi connectivity index (χ4v) is 2.62. The third kappa shape index (κ3) is 2.31. The lowest BCUT2D eigenvalue weighted by Crippen LogP contribution is -2.56. The first-order chi connectivity index (χ1) is 8.86. The molecule has 1 N–H and O–H groups in total. The maximum absolute atomic E-state index is 5.26. The van der Waals surface area contributed by atoms with E-state index in [0.717, 1.165) is 39.4 Å². The summed E-state index contributed by atoms with van der Waals surface area (Å²) in [5.74, 6) is 0. The van der Waals surface area contributed by atoms with Crippen LogP contribution in [0.5, 0.6) is 0 Å². The molecule has 0 spiro atoms. The zero-order valence-corrected chi connectivity index (χ0v) is 10.9. The average molecular weight is 247 g/mol. The van der Waals surface area contributed by atoms with E-state index in [4.69, 9.17) is 4.74 Å². The molecule has 1 aromatic carbocycles. The Morgan fingerprint density at radius 1 is 1.06 bits per heavy atom. The van der Waals surface area contributed by atoms with Gasteiger partial charge in [0.25, 0.3) is 0 Å². The van der Waals surface area contributed by atoms with Crippen LogP contribution in [0.4, 0.5) is 11.4 Å². The number of nitrogens with zero attached hydrogens (tertiary/aromatic N) is 2. The second-order valence-electron chi connectivity index (χ2n) is 5.01. The minimum Gasteiger partial charge on any atom is -0.388 e. The topological polar surface area (TPSA) is 27.7 Å². The van der Waals surface area contributed by atoms with Crippen LogP contribution in [0, 0.1) is 0 Å². The summed E-state index contributed by atoms with van der Waals surface area (Å²) in [6, 6.07) is 9.36. The second-order valence-corrected chi connectivity index (χ2v) is 5.01. The highest BCUT2D eigenvalue weighted by Gasteiger charge is 2.28. The standard InChI is InChI=1S/C14H21N3O/c1-15-12-2-4-13(5-3-12)16-6-8-17(9-7-16)14-10-18-11-14/h2-5,14-15H,6-11H2,1H3. The molecule has 2 aliphatic heterocycles. The van der Waals surface area contributed by atoms with Crippen LogP contribution in [0.1, 0.15) is 0 Å². The fourth-order valence-electron chi connectivity index (χ4n) is 2.62. The van der Waals surface area contributed by atoms with Crippen LogP contribution in [-0.2, 0) is 4.74 Å². The predicted molar refractivity (Wildman–Crippen MR) is 74.4 cm³/mol. The highest BCUT2D eigenvalue weighted by Crippen LogP contribution is 2.21. The van der Waals surface area contributed by atoms with Gasteiger partial charge in [0.05, 0.1) is 19.3 Å². The van der Waals surface area contributed by atoms with Crippen LogP contribution < -0.4 is 10.2 Å². The molecule has 1 aromatic rings. The van der Waals surface area contributed by atoms with Crippen molar-refractivity contribution in [2.24, 2.45) is 0 Å². The van der Waals surface area contributed by atoms with Crippen LogP contribution in [-0.4, -0.2) is 57.4 Å². The molecule has 0 radical (unpaired) electrons. The van der Waals surface area contributed by atoms with E-state index in [2.05, 4.69) is 39.4 Å². The predicted octanol–water partition coefficient (Wildman–Crippen LogP) is 1.25. The maximum Gasteiger partial charge on any atom is 0.0645 e. The zero-order valence-electron chi connectivity index (χ0n) is 10.9. The van der Waals surface area contributed by atoms with Crippen LogP contribution in [0.2, 0.25) is 0 Å². The molecule has 98 valence electrons. The summed E-state index contributed by atoms with van der Waals surface area (Å²) in [7, 11) is 1.95. The van der Waals surface area contributed by atoms with Gasteiger partial charge in [0.1, 0.15) is 0 Å². The summed E-state index contributed by atoms with van der Waals surface area (Å²) >= 11 is 0. The molecule has 0 bridgehead atoms. The van der Waals surface area contributed by atoms with E-state index in [9.17, 15) is 0 Å². The summed E-state index contributed by atoms with van der Waals surface area (Å²) in [6.45, 7) is 6.40. The van der Waals surface area contributed by atoms with Crippen molar-refractivity contribution in [3.8, 4) is 0 Å². The van der Waals surface area contributed by atoms with Crippen molar-refractivity contribution in [2.45, 2.75) is 6.04 Å². The van der Waals surface area contributed by atoms with Crippen LogP contribution >= 0.6 is 0 Å². The quantitative estimate of drug-likeness (QED) is 0.870. The van der Waals surface area contributed by atoms with Gasteiger partial charge in [-0.05, 0) is 24.3 Å². The molecule has 4 nitrogen and oxygen atoms in total. The van der Waals surface area contributed by atoms with Crippen molar-refractivity contribution in [3.05, 3.63) is 24.3 Å². The van der Waals surface area contributed by atoms with Crippen LogP contribution in [0.3, 0.4) is 0 Å². The van der Waals surface area contributed by atoms with E-state index < -0.39 is 0 Å². The lowest BCUT2D eigenvalue weighted by Gasteiger charge is -2.43. The Morgan fingerprint density at radius 2 is 1.72 bits per heavy atom. The molecule has 18 heavy (non-hydrogen) atoms. The highest BCUT2D eigenvalue weighted by atomic mass is 16.5. The van der Waals surface area contributed by atoms with Gasteiger partial charge in [-0.1, -0.05) is 0 Å². The zero-order chi connectivity index (χ0) is 12.4. The molecule has 0 atom stereocenters.